The summed E-state index contributed by atoms with van der Waals surface area (Å²) < 4.78 is 31.3. The van der Waals surface area contributed by atoms with Crippen LogP contribution in [0.2, 0.25) is 0 Å². The van der Waals surface area contributed by atoms with Crippen LogP contribution < -0.4 is 5.32 Å². The number of ether oxygens (including phenoxy) is 1. The maximum absolute atomic E-state index is 12.4. The quantitative estimate of drug-likeness (QED) is 0.774. The maximum Gasteiger partial charge on any atom is 0.338 e. The smallest absolute Gasteiger partial charge is 0.338 e. The molecule has 1 aliphatic heterocycles. The Labute approximate surface area is 142 Å². The zero-order valence-electron chi connectivity index (χ0n) is 13.8. The number of carbonyl (C=O) groups is 2. The molecule has 0 saturated carbocycles. The number of nitrogens with one attached hydrogen (secondary N) is 1. The normalized spacial score (nSPS) is 16.6. The van der Waals surface area contributed by atoms with Crippen LogP contribution in [0, 0.1) is 0 Å². The molecule has 8 heteroatoms. The second-order valence-corrected chi connectivity index (χ2v) is 7.52. The molecule has 1 aromatic rings. The van der Waals surface area contributed by atoms with Crippen molar-refractivity contribution in [2.45, 2.75) is 37.7 Å². The van der Waals surface area contributed by atoms with Gasteiger partial charge in [-0.3, -0.25) is 4.79 Å². The van der Waals surface area contributed by atoms with Crippen molar-refractivity contribution in [2.75, 3.05) is 19.6 Å². The van der Waals surface area contributed by atoms with Crippen molar-refractivity contribution in [3.8, 4) is 0 Å². The van der Waals surface area contributed by atoms with Crippen LogP contribution in [0.15, 0.2) is 29.2 Å². The van der Waals surface area contributed by atoms with Crippen molar-refractivity contribution in [3.63, 3.8) is 0 Å². The first-order chi connectivity index (χ1) is 11.4. The fourth-order valence-corrected chi connectivity index (χ4v) is 3.96. The van der Waals surface area contributed by atoms with Gasteiger partial charge in [0.15, 0.2) is 6.10 Å². The molecule has 1 saturated heterocycles. The van der Waals surface area contributed by atoms with E-state index in [-0.39, 0.29) is 16.4 Å². The van der Waals surface area contributed by atoms with Gasteiger partial charge in [0.1, 0.15) is 0 Å². The highest BCUT2D eigenvalue weighted by atomic mass is 32.2. The molecule has 1 aliphatic rings. The summed E-state index contributed by atoms with van der Waals surface area (Å²) in [5, 5.41) is 2.56. The Hall–Kier alpha value is -1.93. The number of sulfonamides is 1. The topological polar surface area (TPSA) is 92.8 Å². The second-order valence-electron chi connectivity index (χ2n) is 5.58. The maximum atomic E-state index is 12.4. The van der Waals surface area contributed by atoms with E-state index in [0.29, 0.717) is 19.6 Å². The number of amides is 1. The first kappa shape index (κ1) is 18.4. The van der Waals surface area contributed by atoms with Crippen LogP contribution in [-0.4, -0.2) is 50.3 Å². The predicted octanol–water partition coefficient (Wildman–Crippen LogP) is 1.15. The molecular formula is C16H22N2O5S. The van der Waals surface area contributed by atoms with E-state index in [9.17, 15) is 18.0 Å². The monoisotopic (exact) mass is 354 g/mol. The standard InChI is InChI=1S/C16H22N2O5S/c1-3-17-15(19)12(2)23-16(20)13-6-8-14(9-7-13)24(21,22)18-10-4-5-11-18/h6-9,12H,3-5,10-11H2,1-2H3,(H,17,19)/t12-/m0/s1. The van der Waals surface area contributed by atoms with Gasteiger partial charge in [0.25, 0.3) is 5.91 Å². The molecule has 0 unspecified atom stereocenters. The highest BCUT2D eigenvalue weighted by Gasteiger charge is 2.27. The molecule has 24 heavy (non-hydrogen) atoms. The molecule has 1 fully saturated rings. The Kier molecular flexibility index (Phi) is 5.95. The molecule has 0 bridgehead atoms. The Morgan fingerprint density at radius 2 is 1.79 bits per heavy atom. The molecule has 7 nitrogen and oxygen atoms in total. The molecular weight excluding hydrogens is 332 g/mol. The lowest BCUT2D eigenvalue weighted by Crippen LogP contribution is -2.35. The third kappa shape index (κ3) is 4.12. The molecule has 0 spiro atoms. The van der Waals surface area contributed by atoms with Gasteiger partial charge in [-0.15, -0.1) is 0 Å². The zero-order valence-corrected chi connectivity index (χ0v) is 14.6. The van der Waals surface area contributed by atoms with Crippen molar-refractivity contribution in [3.05, 3.63) is 29.8 Å². The van der Waals surface area contributed by atoms with Crippen molar-refractivity contribution >= 4 is 21.9 Å². The van der Waals surface area contributed by atoms with Gasteiger partial charge in [-0.25, -0.2) is 13.2 Å². The highest BCUT2D eigenvalue weighted by molar-refractivity contribution is 7.89. The summed E-state index contributed by atoms with van der Waals surface area (Å²) in [6.07, 6.45) is 0.813. The van der Waals surface area contributed by atoms with Crippen LogP contribution >= 0.6 is 0 Å². The van der Waals surface area contributed by atoms with Crippen LogP contribution in [0.3, 0.4) is 0 Å². The largest absolute Gasteiger partial charge is 0.449 e. The van der Waals surface area contributed by atoms with E-state index < -0.39 is 22.1 Å². The summed E-state index contributed by atoms with van der Waals surface area (Å²) in [7, 11) is -3.51. The fourth-order valence-electron chi connectivity index (χ4n) is 2.44. The first-order valence-electron chi connectivity index (χ1n) is 7.95. The van der Waals surface area contributed by atoms with Crippen LogP contribution in [0.1, 0.15) is 37.0 Å². The van der Waals surface area contributed by atoms with Crippen molar-refractivity contribution < 1.29 is 22.7 Å². The summed E-state index contributed by atoms with van der Waals surface area (Å²) in [4.78, 5) is 23.7. The number of benzene rings is 1. The molecule has 1 heterocycles. The Morgan fingerprint density at radius 1 is 1.21 bits per heavy atom. The minimum atomic E-state index is -3.51. The van der Waals surface area contributed by atoms with Crippen LogP contribution in [0.25, 0.3) is 0 Å². The summed E-state index contributed by atoms with van der Waals surface area (Å²) in [6, 6.07) is 5.58. The molecule has 0 aromatic heterocycles. The van der Waals surface area contributed by atoms with Gasteiger partial charge in [-0.05, 0) is 51.0 Å². The number of esters is 1. The van der Waals surface area contributed by atoms with Crippen LogP contribution in [0.4, 0.5) is 0 Å². The molecule has 0 aliphatic carbocycles. The molecule has 2 rings (SSSR count). The van der Waals surface area contributed by atoms with E-state index in [1.165, 1.54) is 35.5 Å². The van der Waals surface area contributed by atoms with E-state index in [1.54, 1.807) is 6.92 Å². The lowest BCUT2D eigenvalue weighted by Gasteiger charge is -2.16. The number of rotatable bonds is 6. The number of hydrogen-bond acceptors (Lipinski definition) is 5. The predicted molar refractivity (Wildman–Crippen MR) is 88.0 cm³/mol. The number of carbonyl (C=O) groups excluding carboxylic acids is 2. The molecule has 132 valence electrons. The summed E-state index contributed by atoms with van der Waals surface area (Å²) >= 11 is 0. The first-order valence-corrected chi connectivity index (χ1v) is 9.39. The Balaban J connectivity index is 2.06. The van der Waals surface area contributed by atoms with E-state index in [1.807, 2.05) is 0 Å². The number of hydrogen-bond donors (Lipinski definition) is 1. The summed E-state index contributed by atoms with van der Waals surface area (Å²) in [6.45, 7) is 4.75. The van der Waals surface area contributed by atoms with E-state index in [2.05, 4.69) is 5.32 Å². The van der Waals surface area contributed by atoms with Crippen molar-refractivity contribution in [1.29, 1.82) is 0 Å². The van der Waals surface area contributed by atoms with Gasteiger partial charge in [0.2, 0.25) is 10.0 Å². The second kappa shape index (κ2) is 7.76. The lowest BCUT2D eigenvalue weighted by atomic mass is 10.2. The van der Waals surface area contributed by atoms with Gasteiger partial charge in [-0.2, -0.15) is 4.31 Å². The van der Waals surface area contributed by atoms with Gasteiger partial charge in [0.05, 0.1) is 10.5 Å². The van der Waals surface area contributed by atoms with E-state index in [4.69, 9.17) is 4.74 Å². The molecule has 1 aromatic carbocycles. The van der Waals surface area contributed by atoms with E-state index >= 15 is 0 Å². The molecule has 1 amide bonds. The number of likely N-dealkylation sites (N-methyl/N-ethyl adjacent to an activating group) is 1. The fraction of sp³-hybridized carbons (Fsp3) is 0.500. The SMILES string of the molecule is CCNC(=O)[C@H](C)OC(=O)c1ccc(S(=O)(=O)N2CCCC2)cc1. The Bertz CT molecular complexity index is 694. The van der Waals surface area contributed by atoms with Crippen LogP contribution in [0.5, 0.6) is 0 Å². The van der Waals surface area contributed by atoms with Crippen LogP contribution in [-0.2, 0) is 19.6 Å². The Morgan fingerprint density at radius 3 is 2.33 bits per heavy atom. The third-order valence-electron chi connectivity index (χ3n) is 3.80. The highest BCUT2D eigenvalue weighted by Crippen LogP contribution is 2.21. The van der Waals surface area contributed by atoms with Gasteiger partial charge >= 0.3 is 5.97 Å². The summed E-state index contributed by atoms with van der Waals surface area (Å²) in [5.41, 5.74) is 0.200. The number of nitrogens with zero attached hydrogens (tertiary/aromatic N) is 1. The van der Waals surface area contributed by atoms with Crippen molar-refractivity contribution in [1.82, 2.24) is 9.62 Å². The minimum absolute atomic E-state index is 0.151. The molecule has 1 N–H and O–H groups in total. The van der Waals surface area contributed by atoms with Gasteiger partial charge in [-0.1, -0.05) is 0 Å². The average Bonchev–Trinajstić information content (AvgIpc) is 3.10. The minimum Gasteiger partial charge on any atom is -0.449 e. The van der Waals surface area contributed by atoms with E-state index in [0.717, 1.165) is 12.8 Å². The average molecular weight is 354 g/mol. The lowest BCUT2D eigenvalue weighted by molar-refractivity contribution is -0.128. The summed E-state index contributed by atoms with van der Waals surface area (Å²) in [5.74, 6) is -1.04. The van der Waals surface area contributed by atoms with Gasteiger partial charge in [0, 0.05) is 19.6 Å². The van der Waals surface area contributed by atoms with Gasteiger partial charge < -0.3 is 10.1 Å². The molecule has 0 radical (unpaired) electrons. The third-order valence-corrected chi connectivity index (χ3v) is 5.71. The van der Waals surface area contributed by atoms with Crippen molar-refractivity contribution in [2.24, 2.45) is 0 Å². The molecule has 1 atom stereocenters. The zero-order chi connectivity index (χ0) is 17.7.